The van der Waals surface area contributed by atoms with Crippen LogP contribution in [0.2, 0.25) is 0 Å². The van der Waals surface area contributed by atoms with Gasteiger partial charge in [0.15, 0.2) is 11.5 Å². The first kappa shape index (κ1) is 16.9. The number of anilines is 2. The number of fused-ring (bicyclic) bond motifs is 1. The van der Waals surface area contributed by atoms with E-state index >= 15 is 0 Å². The highest BCUT2D eigenvalue weighted by Gasteiger charge is 2.25. The minimum Gasteiger partial charge on any atom is -0.323 e. The molecular formula is C21H21FN6. The first-order valence-electron chi connectivity index (χ1n) is 9.52. The van der Waals surface area contributed by atoms with Crippen molar-refractivity contribution in [1.82, 2.24) is 24.7 Å². The van der Waals surface area contributed by atoms with Gasteiger partial charge in [0.1, 0.15) is 23.0 Å². The Morgan fingerprint density at radius 1 is 1.11 bits per heavy atom. The van der Waals surface area contributed by atoms with Crippen LogP contribution in [0.4, 0.5) is 16.0 Å². The molecule has 3 heterocycles. The Kier molecular flexibility index (Phi) is 3.89. The molecule has 1 aliphatic carbocycles. The van der Waals surface area contributed by atoms with Crippen molar-refractivity contribution < 1.29 is 4.39 Å². The van der Waals surface area contributed by atoms with Crippen molar-refractivity contribution in [3.05, 3.63) is 65.4 Å². The van der Waals surface area contributed by atoms with Crippen LogP contribution in [0, 0.1) is 12.7 Å². The molecule has 1 atom stereocenters. The molecule has 28 heavy (non-hydrogen) atoms. The average molecular weight is 376 g/mol. The maximum absolute atomic E-state index is 13.3. The zero-order chi connectivity index (χ0) is 19.3. The molecule has 0 bridgehead atoms. The summed E-state index contributed by atoms with van der Waals surface area (Å²) in [5.41, 5.74) is 3.80. The van der Waals surface area contributed by atoms with Crippen LogP contribution >= 0.6 is 0 Å². The van der Waals surface area contributed by atoms with E-state index in [2.05, 4.69) is 32.0 Å². The molecule has 0 saturated heterocycles. The van der Waals surface area contributed by atoms with Crippen LogP contribution in [0.25, 0.3) is 11.2 Å². The van der Waals surface area contributed by atoms with Gasteiger partial charge in [0.2, 0.25) is 0 Å². The number of hydrogen-bond donors (Lipinski definition) is 2. The predicted octanol–water partition coefficient (Wildman–Crippen LogP) is 4.83. The summed E-state index contributed by atoms with van der Waals surface area (Å²) < 4.78 is 15.4. The average Bonchev–Trinajstić information content (AvgIpc) is 3.34. The van der Waals surface area contributed by atoms with Gasteiger partial charge < -0.3 is 9.88 Å². The Balaban J connectivity index is 1.49. The summed E-state index contributed by atoms with van der Waals surface area (Å²) in [6.45, 7) is 4.03. The number of aromatic amines is 1. The normalized spacial score (nSPS) is 15.1. The van der Waals surface area contributed by atoms with Gasteiger partial charge in [-0.05, 0) is 56.5 Å². The van der Waals surface area contributed by atoms with E-state index in [4.69, 9.17) is 4.98 Å². The Bertz CT molecular complexity index is 1140. The number of imidazole rings is 1. The highest BCUT2D eigenvalue weighted by atomic mass is 19.1. The lowest BCUT2D eigenvalue weighted by molar-refractivity contribution is 0.613. The van der Waals surface area contributed by atoms with E-state index in [1.807, 2.05) is 25.1 Å². The lowest BCUT2D eigenvalue weighted by Gasteiger charge is -2.16. The van der Waals surface area contributed by atoms with Crippen molar-refractivity contribution in [3.8, 4) is 0 Å². The van der Waals surface area contributed by atoms with Crippen molar-refractivity contribution in [2.75, 3.05) is 5.32 Å². The third kappa shape index (κ3) is 3.02. The topological polar surface area (TPSA) is 71.4 Å². The molecule has 1 unspecified atom stereocenters. The van der Waals surface area contributed by atoms with Crippen LogP contribution in [-0.4, -0.2) is 24.7 Å². The van der Waals surface area contributed by atoms with Crippen molar-refractivity contribution in [3.63, 3.8) is 0 Å². The molecule has 0 radical (unpaired) electrons. The Labute approximate surface area is 161 Å². The van der Waals surface area contributed by atoms with E-state index in [1.165, 1.54) is 30.7 Å². The van der Waals surface area contributed by atoms with Crippen LogP contribution in [0.3, 0.4) is 0 Å². The van der Waals surface area contributed by atoms with Crippen molar-refractivity contribution in [2.24, 2.45) is 0 Å². The van der Waals surface area contributed by atoms with E-state index in [0.717, 1.165) is 28.4 Å². The van der Waals surface area contributed by atoms with Crippen LogP contribution < -0.4 is 5.32 Å². The number of hydrogen-bond acceptors (Lipinski definition) is 4. The zero-order valence-corrected chi connectivity index (χ0v) is 15.8. The molecule has 142 valence electrons. The predicted molar refractivity (Wildman–Crippen MR) is 106 cm³/mol. The molecule has 5 rings (SSSR count). The van der Waals surface area contributed by atoms with Crippen LogP contribution in [0.1, 0.15) is 48.8 Å². The number of halogens is 1. The quantitative estimate of drug-likeness (QED) is 0.523. The number of benzene rings is 1. The summed E-state index contributed by atoms with van der Waals surface area (Å²) in [6.07, 6.45) is 2.46. The second kappa shape index (κ2) is 6.44. The first-order chi connectivity index (χ1) is 13.6. The molecule has 1 saturated carbocycles. The molecule has 0 spiro atoms. The molecule has 1 fully saturated rings. The van der Waals surface area contributed by atoms with Gasteiger partial charge in [-0.3, -0.25) is 5.10 Å². The summed E-state index contributed by atoms with van der Waals surface area (Å²) in [7, 11) is 0. The fraction of sp³-hybridized carbons (Fsp3) is 0.286. The van der Waals surface area contributed by atoms with Crippen molar-refractivity contribution in [2.45, 2.75) is 38.6 Å². The van der Waals surface area contributed by atoms with Gasteiger partial charge in [-0.1, -0.05) is 12.1 Å². The molecule has 6 nitrogen and oxygen atoms in total. The van der Waals surface area contributed by atoms with Gasteiger partial charge in [-0.25, -0.2) is 14.4 Å². The molecule has 1 aliphatic rings. The van der Waals surface area contributed by atoms with Crippen LogP contribution in [0.15, 0.2) is 42.5 Å². The number of nitrogens with one attached hydrogen (secondary N) is 2. The van der Waals surface area contributed by atoms with Crippen LogP contribution in [-0.2, 0) is 0 Å². The minimum absolute atomic E-state index is 0.0137. The fourth-order valence-electron chi connectivity index (χ4n) is 3.65. The smallest absolute Gasteiger partial charge is 0.162 e. The molecular weight excluding hydrogens is 355 g/mol. The molecule has 1 aromatic carbocycles. The Morgan fingerprint density at radius 2 is 1.89 bits per heavy atom. The molecule has 4 aromatic rings. The highest BCUT2D eigenvalue weighted by Crippen LogP contribution is 2.39. The number of rotatable bonds is 5. The van der Waals surface area contributed by atoms with E-state index in [9.17, 15) is 4.39 Å². The van der Waals surface area contributed by atoms with Gasteiger partial charge in [0, 0.05) is 17.7 Å². The number of H-pyrrole nitrogens is 1. The maximum Gasteiger partial charge on any atom is 0.162 e. The third-order valence-corrected chi connectivity index (χ3v) is 5.32. The van der Waals surface area contributed by atoms with E-state index in [1.54, 1.807) is 12.1 Å². The van der Waals surface area contributed by atoms with Crippen molar-refractivity contribution in [1.29, 1.82) is 0 Å². The lowest BCUT2D eigenvalue weighted by atomic mass is 10.1. The number of nitrogens with zero attached hydrogens (tertiary/aromatic N) is 4. The second-order valence-corrected chi connectivity index (χ2v) is 7.40. The summed E-state index contributed by atoms with van der Waals surface area (Å²) in [5.74, 6) is 2.74. The number of pyridine rings is 1. The summed E-state index contributed by atoms with van der Waals surface area (Å²) >= 11 is 0. The zero-order valence-electron chi connectivity index (χ0n) is 15.8. The minimum atomic E-state index is -0.239. The summed E-state index contributed by atoms with van der Waals surface area (Å²) in [4.78, 5) is 9.42. The number of aryl methyl sites for hydroxylation is 1. The lowest BCUT2D eigenvalue weighted by Crippen LogP contribution is -2.09. The fourth-order valence-corrected chi connectivity index (χ4v) is 3.65. The molecule has 3 aromatic heterocycles. The van der Waals surface area contributed by atoms with E-state index in [0.29, 0.717) is 11.7 Å². The van der Waals surface area contributed by atoms with Gasteiger partial charge in [0.25, 0.3) is 0 Å². The van der Waals surface area contributed by atoms with E-state index in [-0.39, 0.29) is 11.9 Å². The Morgan fingerprint density at radius 3 is 2.64 bits per heavy atom. The van der Waals surface area contributed by atoms with Crippen LogP contribution in [0.5, 0.6) is 0 Å². The SMILES string of the molecule is Cc1nc2ccc(Nc3cc(C4CC4)[nH]n3)nc2n1C(C)c1ccc(F)cc1. The van der Waals surface area contributed by atoms with Gasteiger partial charge >= 0.3 is 0 Å². The number of aromatic nitrogens is 5. The Hall–Kier alpha value is -3.22. The van der Waals surface area contributed by atoms with Crippen molar-refractivity contribution >= 4 is 22.8 Å². The molecule has 2 N–H and O–H groups in total. The second-order valence-electron chi connectivity index (χ2n) is 7.40. The highest BCUT2D eigenvalue weighted by molar-refractivity contribution is 5.75. The van der Waals surface area contributed by atoms with E-state index < -0.39 is 0 Å². The monoisotopic (exact) mass is 376 g/mol. The molecule has 0 aliphatic heterocycles. The standard InChI is InChI=1S/C21H21FN6/c1-12(14-5-7-16(22)8-6-14)28-13(2)23-17-9-10-19(25-21(17)28)24-20-11-18(26-27-20)15-3-4-15/h5-12,15H,3-4H2,1-2H3,(H2,24,25,26,27). The maximum atomic E-state index is 13.3. The largest absolute Gasteiger partial charge is 0.323 e. The van der Waals surface area contributed by atoms with Gasteiger partial charge in [-0.15, -0.1) is 0 Å². The van der Waals surface area contributed by atoms with Gasteiger partial charge in [0.05, 0.1) is 6.04 Å². The van der Waals surface area contributed by atoms with Gasteiger partial charge in [-0.2, -0.15) is 5.10 Å². The molecule has 0 amide bonds. The summed E-state index contributed by atoms with van der Waals surface area (Å²) in [6, 6.07) is 12.5. The third-order valence-electron chi connectivity index (χ3n) is 5.32. The summed E-state index contributed by atoms with van der Waals surface area (Å²) in [5, 5.41) is 10.7. The molecule has 7 heteroatoms. The first-order valence-corrected chi connectivity index (χ1v) is 9.52.